The van der Waals surface area contributed by atoms with Gasteiger partial charge in [0.25, 0.3) is 0 Å². The van der Waals surface area contributed by atoms with Crippen LogP contribution < -0.4 is 14.8 Å². The molecule has 0 amide bonds. The van der Waals surface area contributed by atoms with Crippen molar-refractivity contribution in [2.45, 2.75) is 44.9 Å². The van der Waals surface area contributed by atoms with Crippen molar-refractivity contribution >= 4 is 0 Å². The lowest BCUT2D eigenvalue weighted by atomic mass is 10.0. The molecule has 3 rings (SSSR count). The van der Waals surface area contributed by atoms with Gasteiger partial charge < -0.3 is 19.7 Å². The summed E-state index contributed by atoms with van der Waals surface area (Å²) in [5.74, 6) is 1.73. The molecule has 1 atom stereocenters. The molecule has 2 heterocycles. The summed E-state index contributed by atoms with van der Waals surface area (Å²) >= 11 is 0. The summed E-state index contributed by atoms with van der Waals surface area (Å²) in [6.45, 7) is 8.44. The van der Waals surface area contributed by atoms with Crippen LogP contribution in [-0.2, 0) is 0 Å². The molecule has 1 unspecified atom stereocenters. The molecule has 0 aliphatic carbocycles. The van der Waals surface area contributed by atoms with E-state index in [0.29, 0.717) is 18.7 Å². The average Bonchev–Trinajstić information content (AvgIpc) is 2.53. The van der Waals surface area contributed by atoms with Crippen molar-refractivity contribution in [3.8, 4) is 11.5 Å². The van der Waals surface area contributed by atoms with Gasteiger partial charge in [-0.1, -0.05) is 12.1 Å². The number of fused-ring (bicyclic) bond motifs is 1. The Labute approximate surface area is 127 Å². The highest BCUT2D eigenvalue weighted by molar-refractivity contribution is 5.40. The number of nitrogens with one attached hydrogen (secondary N) is 1. The van der Waals surface area contributed by atoms with Gasteiger partial charge in [-0.05, 0) is 51.9 Å². The third kappa shape index (κ3) is 3.69. The molecular formula is C17H26N2O2. The summed E-state index contributed by atoms with van der Waals surface area (Å²) in [6, 6.07) is 9.17. The van der Waals surface area contributed by atoms with Crippen LogP contribution in [0.4, 0.5) is 0 Å². The number of hydrogen-bond donors (Lipinski definition) is 1. The zero-order chi connectivity index (χ0) is 14.7. The Morgan fingerprint density at radius 1 is 1.19 bits per heavy atom. The topological polar surface area (TPSA) is 33.7 Å². The van der Waals surface area contributed by atoms with E-state index in [1.165, 1.54) is 25.9 Å². The van der Waals surface area contributed by atoms with Gasteiger partial charge in [-0.15, -0.1) is 0 Å². The van der Waals surface area contributed by atoms with Crippen LogP contribution in [0.15, 0.2) is 24.3 Å². The molecular weight excluding hydrogens is 264 g/mol. The van der Waals surface area contributed by atoms with E-state index in [4.69, 9.17) is 9.47 Å². The average molecular weight is 290 g/mol. The molecule has 4 nitrogen and oxygen atoms in total. The number of nitrogens with zero attached hydrogens (tertiary/aromatic N) is 1. The number of para-hydroxylation sites is 2. The van der Waals surface area contributed by atoms with E-state index >= 15 is 0 Å². The normalized spacial score (nSPS) is 23.5. The van der Waals surface area contributed by atoms with Gasteiger partial charge in [0.1, 0.15) is 12.7 Å². The van der Waals surface area contributed by atoms with E-state index in [2.05, 4.69) is 24.1 Å². The molecule has 0 saturated carbocycles. The molecule has 1 aromatic carbocycles. The smallest absolute Gasteiger partial charge is 0.161 e. The fraction of sp³-hybridized carbons (Fsp3) is 0.647. The summed E-state index contributed by atoms with van der Waals surface area (Å²) in [5, 5.41) is 3.65. The Kier molecular flexibility index (Phi) is 4.66. The third-order valence-corrected chi connectivity index (χ3v) is 4.46. The quantitative estimate of drug-likeness (QED) is 0.922. The Morgan fingerprint density at radius 2 is 1.90 bits per heavy atom. The summed E-state index contributed by atoms with van der Waals surface area (Å²) in [5.41, 5.74) is 0. The van der Waals surface area contributed by atoms with Crippen molar-refractivity contribution in [2.75, 3.05) is 26.2 Å². The van der Waals surface area contributed by atoms with Crippen LogP contribution in [0.25, 0.3) is 0 Å². The summed E-state index contributed by atoms with van der Waals surface area (Å²) < 4.78 is 11.7. The zero-order valence-corrected chi connectivity index (χ0v) is 13.0. The molecule has 0 aromatic heterocycles. The molecule has 0 radical (unpaired) electrons. The van der Waals surface area contributed by atoms with E-state index in [-0.39, 0.29) is 6.10 Å². The Morgan fingerprint density at radius 3 is 2.62 bits per heavy atom. The maximum Gasteiger partial charge on any atom is 0.161 e. The molecule has 1 fully saturated rings. The van der Waals surface area contributed by atoms with Crippen molar-refractivity contribution < 1.29 is 9.47 Å². The lowest BCUT2D eigenvalue weighted by Crippen LogP contribution is -2.48. The van der Waals surface area contributed by atoms with Crippen LogP contribution >= 0.6 is 0 Å². The van der Waals surface area contributed by atoms with Crippen molar-refractivity contribution in [2.24, 2.45) is 0 Å². The first-order valence-corrected chi connectivity index (χ1v) is 8.08. The van der Waals surface area contributed by atoms with Crippen molar-refractivity contribution in [1.29, 1.82) is 0 Å². The monoisotopic (exact) mass is 290 g/mol. The van der Waals surface area contributed by atoms with Crippen LogP contribution in [-0.4, -0.2) is 49.3 Å². The van der Waals surface area contributed by atoms with Gasteiger partial charge in [0, 0.05) is 18.6 Å². The van der Waals surface area contributed by atoms with Crippen LogP contribution in [0.2, 0.25) is 0 Å². The molecule has 0 bridgehead atoms. The van der Waals surface area contributed by atoms with Crippen LogP contribution in [0, 0.1) is 0 Å². The van der Waals surface area contributed by atoms with Crippen LogP contribution in [0.1, 0.15) is 26.7 Å². The number of ether oxygens (including phenoxy) is 2. The maximum atomic E-state index is 5.98. The van der Waals surface area contributed by atoms with Crippen molar-refractivity contribution in [3.63, 3.8) is 0 Å². The zero-order valence-electron chi connectivity index (χ0n) is 13.0. The molecule has 2 aliphatic rings. The van der Waals surface area contributed by atoms with Gasteiger partial charge >= 0.3 is 0 Å². The minimum atomic E-state index is 0.114. The highest BCUT2D eigenvalue weighted by atomic mass is 16.6. The third-order valence-electron chi connectivity index (χ3n) is 4.46. The predicted octanol–water partition coefficient (Wildman–Crippen LogP) is 2.29. The largest absolute Gasteiger partial charge is 0.486 e. The van der Waals surface area contributed by atoms with Crippen molar-refractivity contribution in [1.82, 2.24) is 10.2 Å². The predicted molar refractivity (Wildman–Crippen MR) is 84.1 cm³/mol. The van der Waals surface area contributed by atoms with Gasteiger partial charge in [-0.3, -0.25) is 0 Å². The maximum absolute atomic E-state index is 5.98. The molecule has 116 valence electrons. The minimum absolute atomic E-state index is 0.114. The molecule has 2 aliphatic heterocycles. The van der Waals surface area contributed by atoms with Gasteiger partial charge in [-0.25, -0.2) is 0 Å². The number of hydrogen-bond acceptors (Lipinski definition) is 4. The minimum Gasteiger partial charge on any atom is -0.486 e. The second kappa shape index (κ2) is 6.67. The number of piperidine rings is 1. The summed E-state index contributed by atoms with van der Waals surface area (Å²) in [6.07, 6.45) is 2.56. The number of benzene rings is 1. The highest BCUT2D eigenvalue weighted by Crippen LogP contribution is 2.30. The van der Waals surface area contributed by atoms with E-state index in [1.54, 1.807) is 0 Å². The Hall–Kier alpha value is -1.26. The Balaban J connectivity index is 1.43. The summed E-state index contributed by atoms with van der Waals surface area (Å²) in [7, 11) is 0. The van der Waals surface area contributed by atoms with E-state index in [9.17, 15) is 0 Å². The van der Waals surface area contributed by atoms with E-state index < -0.39 is 0 Å². The van der Waals surface area contributed by atoms with E-state index in [0.717, 1.165) is 18.0 Å². The standard InChI is InChI=1S/C17H26N2O2/c1-13(2)19-9-7-14(8-10-19)18-11-15-12-20-16-5-3-4-6-17(16)21-15/h3-6,13-15,18H,7-12H2,1-2H3. The summed E-state index contributed by atoms with van der Waals surface area (Å²) in [4.78, 5) is 2.55. The molecule has 1 N–H and O–H groups in total. The van der Waals surface area contributed by atoms with Gasteiger partial charge in [0.15, 0.2) is 11.5 Å². The fourth-order valence-electron chi connectivity index (χ4n) is 3.08. The number of rotatable bonds is 4. The van der Waals surface area contributed by atoms with Gasteiger partial charge in [0.05, 0.1) is 0 Å². The lowest BCUT2D eigenvalue weighted by Gasteiger charge is -2.36. The first-order chi connectivity index (χ1) is 10.2. The second-order valence-corrected chi connectivity index (χ2v) is 6.31. The van der Waals surface area contributed by atoms with Crippen LogP contribution in [0.3, 0.4) is 0 Å². The second-order valence-electron chi connectivity index (χ2n) is 6.31. The number of likely N-dealkylation sites (tertiary alicyclic amines) is 1. The molecule has 0 spiro atoms. The molecule has 21 heavy (non-hydrogen) atoms. The first kappa shape index (κ1) is 14.7. The van der Waals surface area contributed by atoms with E-state index in [1.807, 2.05) is 24.3 Å². The molecule has 1 saturated heterocycles. The molecule has 1 aromatic rings. The first-order valence-electron chi connectivity index (χ1n) is 8.08. The van der Waals surface area contributed by atoms with Gasteiger partial charge in [-0.2, -0.15) is 0 Å². The van der Waals surface area contributed by atoms with Gasteiger partial charge in [0.2, 0.25) is 0 Å². The lowest BCUT2D eigenvalue weighted by molar-refractivity contribution is 0.0831. The fourth-order valence-corrected chi connectivity index (χ4v) is 3.08. The van der Waals surface area contributed by atoms with Crippen molar-refractivity contribution in [3.05, 3.63) is 24.3 Å². The SMILES string of the molecule is CC(C)N1CCC(NCC2COc3ccccc3O2)CC1. The molecule has 4 heteroatoms. The van der Waals surface area contributed by atoms with Crippen LogP contribution in [0.5, 0.6) is 11.5 Å². The Bertz CT molecular complexity index is 456. The highest BCUT2D eigenvalue weighted by Gasteiger charge is 2.24.